The third kappa shape index (κ3) is 7.51. The molecule has 1 saturated heterocycles. The first-order chi connectivity index (χ1) is 15.4. The molecule has 1 fully saturated rings. The molecule has 9 heteroatoms. The van der Waals surface area contributed by atoms with Crippen molar-refractivity contribution < 1.29 is 33.6 Å². The minimum atomic E-state index is -1.95. The molecule has 5 unspecified atom stereocenters. The lowest BCUT2D eigenvalue weighted by Gasteiger charge is -2.38. The molecule has 5 atom stereocenters. The number of nitrogens with one attached hydrogen (secondary N) is 1. The summed E-state index contributed by atoms with van der Waals surface area (Å²) in [6, 6.07) is 6.24. The Bertz CT molecular complexity index is 758. The van der Waals surface area contributed by atoms with Gasteiger partial charge in [0, 0.05) is 17.7 Å². The lowest BCUT2D eigenvalue weighted by Crippen LogP contribution is -2.58. The van der Waals surface area contributed by atoms with E-state index < -0.39 is 37.4 Å². The van der Waals surface area contributed by atoms with E-state index in [9.17, 15) is 19.0 Å². The third-order valence-electron chi connectivity index (χ3n) is 4.39. The van der Waals surface area contributed by atoms with Gasteiger partial charge in [-0.05, 0) is 18.6 Å². The summed E-state index contributed by atoms with van der Waals surface area (Å²) in [4.78, 5) is 0. The van der Waals surface area contributed by atoms with Gasteiger partial charge in [0.2, 0.25) is 12.2 Å². The molecule has 1 aliphatic rings. The van der Waals surface area contributed by atoms with Crippen molar-refractivity contribution in [1.82, 2.24) is 10.2 Å². The average molecular weight is 461 g/mol. The molecular formula is C23H38F2N2O5. The molecule has 3 rings (SSSR count). The van der Waals surface area contributed by atoms with E-state index in [4.69, 9.17) is 14.6 Å². The molecular weight excluding hydrogens is 422 g/mol. The Kier molecular flexibility index (Phi) is 14.7. The van der Waals surface area contributed by atoms with E-state index in [2.05, 4.69) is 10.2 Å². The first-order valence-corrected chi connectivity index (χ1v) is 11.1. The molecule has 0 amide bonds. The maximum Gasteiger partial charge on any atom is 0.238 e. The van der Waals surface area contributed by atoms with E-state index in [0.29, 0.717) is 16.8 Å². The van der Waals surface area contributed by atoms with Gasteiger partial charge < -0.3 is 24.8 Å². The molecule has 7 nitrogen and oxygen atoms in total. The van der Waals surface area contributed by atoms with Crippen LogP contribution in [-0.4, -0.2) is 62.9 Å². The zero-order valence-corrected chi connectivity index (χ0v) is 20.0. The van der Waals surface area contributed by atoms with Crippen molar-refractivity contribution in [1.29, 1.82) is 0 Å². The van der Waals surface area contributed by atoms with E-state index in [-0.39, 0.29) is 18.1 Å². The largest absolute Gasteiger partial charge is 0.443 e. The summed E-state index contributed by atoms with van der Waals surface area (Å²) < 4.78 is 38.4. The first kappa shape index (κ1) is 29.9. The van der Waals surface area contributed by atoms with Crippen LogP contribution < -0.4 is 4.74 Å². The Labute approximate surface area is 189 Å². The van der Waals surface area contributed by atoms with Gasteiger partial charge >= 0.3 is 0 Å². The monoisotopic (exact) mass is 460 g/mol. The second kappa shape index (κ2) is 15.7. The summed E-state index contributed by atoms with van der Waals surface area (Å²) in [6.45, 7) is 13.0. The molecule has 4 N–H and O–H groups in total. The number of hydrogen-bond donors (Lipinski definition) is 4. The maximum atomic E-state index is 13.9. The van der Waals surface area contributed by atoms with Gasteiger partial charge in [-0.25, -0.2) is 8.78 Å². The lowest BCUT2D eigenvalue weighted by molar-refractivity contribution is -0.265. The van der Waals surface area contributed by atoms with E-state index in [0.717, 1.165) is 0 Å². The van der Waals surface area contributed by atoms with Gasteiger partial charge in [-0.2, -0.15) is 0 Å². The number of aromatic nitrogens is 2. The fourth-order valence-electron chi connectivity index (χ4n) is 2.82. The zero-order chi connectivity index (χ0) is 24.8. The van der Waals surface area contributed by atoms with Gasteiger partial charge in [0.1, 0.15) is 24.1 Å². The Balaban J connectivity index is 0.00000148. The van der Waals surface area contributed by atoms with Crippen LogP contribution in [0.5, 0.6) is 5.88 Å². The Morgan fingerprint density at radius 3 is 2.22 bits per heavy atom. The molecule has 0 radical (unpaired) electrons. The lowest BCUT2D eigenvalue weighted by atomic mass is 10.0. The summed E-state index contributed by atoms with van der Waals surface area (Å²) in [5.74, 6) is -0.347. The van der Waals surface area contributed by atoms with Crippen molar-refractivity contribution in [2.75, 3.05) is 6.61 Å². The van der Waals surface area contributed by atoms with E-state index in [1.807, 2.05) is 41.5 Å². The summed E-state index contributed by atoms with van der Waals surface area (Å²) in [5.41, 5.74) is 1.57. The van der Waals surface area contributed by atoms with Crippen molar-refractivity contribution in [2.24, 2.45) is 0 Å². The minimum Gasteiger partial charge on any atom is -0.443 e. The molecule has 1 aliphatic heterocycles. The Hall–Kier alpha value is -2.07. The maximum absolute atomic E-state index is 13.9. The highest BCUT2D eigenvalue weighted by Crippen LogP contribution is 2.29. The van der Waals surface area contributed by atoms with Crippen LogP contribution in [0.1, 0.15) is 58.4 Å². The van der Waals surface area contributed by atoms with Gasteiger partial charge in [-0.15, -0.1) is 5.10 Å². The number of halogens is 2. The van der Waals surface area contributed by atoms with E-state index in [1.54, 1.807) is 25.1 Å². The van der Waals surface area contributed by atoms with Gasteiger partial charge in [0.05, 0.1) is 6.61 Å². The number of aromatic amines is 1. The number of benzene rings is 1. The van der Waals surface area contributed by atoms with Crippen molar-refractivity contribution in [2.45, 2.75) is 85.7 Å². The quantitative estimate of drug-likeness (QED) is 0.542. The normalized spacial score (nSPS) is 24.1. The third-order valence-corrected chi connectivity index (χ3v) is 4.39. The van der Waals surface area contributed by atoms with E-state index >= 15 is 0 Å². The molecule has 0 saturated carbocycles. The van der Waals surface area contributed by atoms with Gasteiger partial charge in [-0.3, -0.25) is 5.10 Å². The summed E-state index contributed by atoms with van der Waals surface area (Å²) in [5, 5.41) is 35.6. The number of alkyl halides is 1. The van der Waals surface area contributed by atoms with Crippen LogP contribution in [0, 0.1) is 12.7 Å². The van der Waals surface area contributed by atoms with Gasteiger partial charge in [0.25, 0.3) is 0 Å². The number of aliphatic hydroxyl groups is 3. The fourth-order valence-corrected chi connectivity index (χ4v) is 2.82. The van der Waals surface area contributed by atoms with Crippen LogP contribution in [0.3, 0.4) is 0 Å². The first-order valence-electron chi connectivity index (χ1n) is 11.1. The highest BCUT2D eigenvalue weighted by atomic mass is 19.1. The molecule has 184 valence electrons. The number of nitrogens with zero attached hydrogens (tertiary/aromatic N) is 1. The Morgan fingerprint density at radius 2 is 1.66 bits per heavy atom. The second-order valence-electron chi connectivity index (χ2n) is 6.17. The number of ether oxygens (including phenoxy) is 2. The highest BCUT2D eigenvalue weighted by Gasteiger charge is 2.46. The molecule has 0 spiro atoms. The SMILES string of the molecule is CC.CC.CC.Cc1[nH]nc(OC2OC(CO)C(F)C(O)C2O)c1Cc1ccccc1F. The van der Waals surface area contributed by atoms with Crippen LogP contribution in [-0.2, 0) is 11.2 Å². The Morgan fingerprint density at radius 1 is 1.06 bits per heavy atom. The standard InChI is InChI=1S/C17H20F2N2O5.3C2H6/c1-8-10(6-9-4-2-3-5-11(9)18)16(21-20-8)26-17-15(24)14(23)13(19)12(7-22)25-17;3*1-2/h2-5,12-15,17,22-24H,6-7H2,1H3,(H,20,21);3*1-2H3. The predicted molar refractivity (Wildman–Crippen MR) is 120 cm³/mol. The van der Waals surface area contributed by atoms with Crippen LogP contribution in [0.25, 0.3) is 0 Å². The number of hydrogen-bond acceptors (Lipinski definition) is 6. The topological polar surface area (TPSA) is 108 Å². The molecule has 32 heavy (non-hydrogen) atoms. The van der Waals surface area contributed by atoms with E-state index in [1.165, 1.54) is 6.07 Å². The average Bonchev–Trinajstić information content (AvgIpc) is 3.18. The van der Waals surface area contributed by atoms with Gasteiger partial charge in [-0.1, -0.05) is 59.7 Å². The molecule has 1 aromatic heterocycles. The number of H-pyrrole nitrogens is 1. The van der Waals surface area contributed by atoms with Crippen molar-refractivity contribution >= 4 is 0 Å². The molecule has 1 aromatic carbocycles. The van der Waals surface area contributed by atoms with Crippen molar-refractivity contribution in [3.63, 3.8) is 0 Å². The van der Waals surface area contributed by atoms with Crippen molar-refractivity contribution in [3.8, 4) is 5.88 Å². The zero-order valence-electron chi connectivity index (χ0n) is 20.0. The second-order valence-corrected chi connectivity index (χ2v) is 6.17. The van der Waals surface area contributed by atoms with Crippen LogP contribution in [0.15, 0.2) is 24.3 Å². The van der Waals surface area contributed by atoms with Crippen LogP contribution >= 0.6 is 0 Å². The summed E-state index contributed by atoms with van der Waals surface area (Å²) in [6.07, 6.45) is -8.00. The van der Waals surface area contributed by atoms with Crippen LogP contribution in [0.4, 0.5) is 8.78 Å². The van der Waals surface area contributed by atoms with Crippen molar-refractivity contribution in [3.05, 3.63) is 46.9 Å². The number of rotatable bonds is 5. The highest BCUT2D eigenvalue weighted by molar-refractivity contribution is 5.36. The summed E-state index contributed by atoms with van der Waals surface area (Å²) in [7, 11) is 0. The molecule has 0 aliphatic carbocycles. The predicted octanol–water partition coefficient (Wildman–Crippen LogP) is 3.68. The van der Waals surface area contributed by atoms with Crippen LogP contribution in [0.2, 0.25) is 0 Å². The molecule has 2 aromatic rings. The molecule has 0 bridgehead atoms. The smallest absolute Gasteiger partial charge is 0.238 e. The van der Waals surface area contributed by atoms with Gasteiger partial charge in [0.15, 0.2) is 6.17 Å². The number of aryl methyl sites for hydroxylation is 1. The summed E-state index contributed by atoms with van der Waals surface area (Å²) >= 11 is 0. The number of aliphatic hydroxyl groups excluding tert-OH is 3. The fraction of sp³-hybridized carbons (Fsp3) is 0.609. The molecule has 2 heterocycles. The minimum absolute atomic E-state index is 0.0380.